The van der Waals surface area contributed by atoms with Crippen LogP contribution in [0.1, 0.15) is 25.6 Å². The number of hydrogen-bond donors (Lipinski definition) is 2. The molecule has 1 aliphatic rings. The Hall–Kier alpha value is -0.980. The number of rotatable bonds is 4. The van der Waals surface area contributed by atoms with Gasteiger partial charge in [-0.05, 0) is 19.8 Å². The normalized spacial score (nSPS) is 20.6. The van der Waals surface area contributed by atoms with Crippen molar-refractivity contribution in [1.29, 1.82) is 0 Å². The van der Waals surface area contributed by atoms with Crippen LogP contribution in [-0.2, 0) is 13.1 Å². The monoisotopic (exact) mass is 240 g/mol. The van der Waals surface area contributed by atoms with Gasteiger partial charge in [-0.25, -0.2) is 9.67 Å². The van der Waals surface area contributed by atoms with Crippen LogP contribution in [0.3, 0.4) is 0 Å². The van der Waals surface area contributed by atoms with Crippen LogP contribution in [0.15, 0.2) is 6.33 Å². The molecule has 1 aliphatic heterocycles. The number of likely N-dealkylation sites (tertiary alicyclic amines) is 1. The number of aliphatic hydroxyl groups excluding tert-OH is 1. The lowest BCUT2D eigenvalue weighted by Crippen LogP contribution is -2.46. The van der Waals surface area contributed by atoms with Gasteiger partial charge in [0.25, 0.3) is 0 Å². The van der Waals surface area contributed by atoms with Crippen molar-refractivity contribution in [2.24, 2.45) is 0 Å². The maximum atomic E-state index is 9.91. The van der Waals surface area contributed by atoms with E-state index in [4.69, 9.17) is 5.11 Å². The third kappa shape index (κ3) is 2.83. The molecule has 0 atom stereocenters. The van der Waals surface area contributed by atoms with E-state index in [1.54, 1.807) is 6.33 Å². The van der Waals surface area contributed by atoms with E-state index in [0.717, 1.165) is 32.0 Å². The summed E-state index contributed by atoms with van der Waals surface area (Å²) in [5.74, 6) is 0.960. The highest BCUT2D eigenvalue weighted by Crippen LogP contribution is 2.22. The van der Waals surface area contributed by atoms with E-state index in [1.165, 1.54) is 0 Å². The first-order valence-corrected chi connectivity index (χ1v) is 6.09. The molecule has 2 N–H and O–H groups in total. The fourth-order valence-corrected chi connectivity index (χ4v) is 2.16. The second-order valence-corrected chi connectivity index (χ2v) is 4.65. The molecule has 6 heteroatoms. The lowest BCUT2D eigenvalue weighted by molar-refractivity contribution is -0.0611. The molecule has 17 heavy (non-hydrogen) atoms. The Labute approximate surface area is 101 Å². The summed E-state index contributed by atoms with van der Waals surface area (Å²) in [5.41, 5.74) is -0.880. The topological polar surface area (TPSA) is 74.4 Å². The van der Waals surface area contributed by atoms with Gasteiger partial charge in [-0.2, -0.15) is 5.10 Å². The molecule has 0 radical (unpaired) electrons. The smallest absolute Gasteiger partial charge is 0.140 e. The highest BCUT2D eigenvalue weighted by molar-refractivity contribution is 4.89. The van der Waals surface area contributed by atoms with Gasteiger partial charge in [0, 0.05) is 19.6 Å². The van der Waals surface area contributed by atoms with Gasteiger partial charge in [0.15, 0.2) is 0 Å². The molecule has 1 saturated heterocycles. The van der Waals surface area contributed by atoms with E-state index >= 15 is 0 Å². The standard InChI is InChI=1S/C11H20N4O2/c1-2-15-10(12-9-13-15)7-14-5-3-11(17,8-16)4-6-14/h9,16-17H,2-8H2,1H3. The Morgan fingerprint density at radius 1 is 1.41 bits per heavy atom. The Kier molecular flexibility index (Phi) is 3.76. The maximum Gasteiger partial charge on any atom is 0.140 e. The van der Waals surface area contributed by atoms with Crippen molar-refractivity contribution in [2.45, 2.75) is 38.5 Å². The molecule has 96 valence electrons. The minimum atomic E-state index is -0.880. The second kappa shape index (κ2) is 5.12. The summed E-state index contributed by atoms with van der Waals surface area (Å²) in [6, 6.07) is 0. The summed E-state index contributed by atoms with van der Waals surface area (Å²) < 4.78 is 1.88. The van der Waals surface area contributed by atoms with Gasteiger partial charge in [-0.3, -0.25) is 4.90 Å². The van der Waals surface area contributed by atoms with Gasteiger partial charge in [-0.15, -0.1) is 0 Å². The average Bonchev–Trinajstić information content (AvgIpc) is 2.80. The first kappa shape index (κ1) is 12.5. The van der Waals surface area contributed by atoms with Gasteiger partial charge in [0.1, 0.15) is 12.2 Å². The minimum Gasteiger partial charge on any atom is -0.393 e. The van der Waals surface area contributed by atoms with Crippen LogP contribution in [0.4, 0.5) is 0 Å². The van der Waals surface area contributed by atoms with Gasteiger partial charge in [-0.1, -0.05) is 0 Å². The molecule has 0 saturated carbocycles. The van der Waals surface area contributed by atoms with Crippen LogP contribution in [0, 0.1) is 0 Å². The summed E-state index contributed by atoms with van der Waals surface area (Å²) in [6.07, 6.45) is 2.81. The molecule has 6 nitrogen and oxygen atoms in total. The first-order chi connectivity index (χ1) is 8.17. The molecule has 0 unspecified atom stereocenters. The summed E-state index contributed by atoms with van der Waals surface area (Å²) in [7, 11) is 0. The zero-order chi connectivity index (χ0) is 12.3. The van der Waals surface area contributed by atoms with Crippen molar-refractivity contribution in [2.75, 3.05) is 19.7 Å². The largest absolute Gasteiger partial charge is 0.393 e. The number of piperidine rings is 1. The average molecular weight is 240 g/mol. The van der Waals surface area contributed by atoms with Crippen molar-refractivity contribution in [3.63, 3.8) is 0 Å². The number of aromatic nitrogens is 3. The molecular weight excluding hydrogens is 220 g/mol. The second-order valence-electron chi connectivity index (χ2n) is 4.65. The predicted molar refractivity (Wildman–Crippen MR) is 62.2 cm³/mol. The fraction of sp³-hybridized carbons (Fsp3) is 0.818. The third-order valence-electron chi connectivity index (χ3n) is 3.44. The Bertz CT molecular complexity index is 358. The van der Waals surface area contributed by atoms with E-state index in [0.29, 0.717) is 12.8 Å². The van der Waals surface area contributed by atoms with Crippen molar-refractivity contribution in [3.8, 4) is 0 Å². The van der Waals surface area contributed by atoms with Crippen LogP contribution in [-0.4, -0.2) is 55.2 Å². The minimum absolute atomic E-state index is 0.147. The zero-order valence-corrected chi connectivity index (χ0v) is 10.2. The van der Waals surface area contributed by atoms with Crippen LogP contribution in [0.2, 0.25) is 0 Å². The van der Waals surface area contributed by atoms with Crippen molar-refractivity contribution in [1.82, 2.24) is 19.7 Å². The summed E-state index contributed by atoms with van der Waals surface area (Å²) in [5, 5.41) is 23.1. The van der Waals surface area contributed by atoms with E-state index in [-0.39, 0.29) is 6.61 Å². The zero-order valence-electron chi connectivity index (χ0n) is 10.2. The molecule has 1 aromatic heterocycles. The van der Waals surface area contributed by atoms with Gasteiger partial charge in [0.05, 0.1) is 18.8 Å². The number of aliphatic hydroxyl groups is 2. The predicted octanol–water partition coefficient (Wildman–Crippen LogP) is -0.383. The molecular formula is C11H20N4O2. The van der Waals surface area contributed by atoms with E-state index in [9.17, 15) is 5.11 Å². The third-order valence-corrected chi connectivity index (χ3v) is 3.44. The first-order valence-electron chi connectivity index (χ1n) is 6.09. The van der Waals surface area contributed by atoms with Gasteiger partial charge >= 0.3 is 0 Å². The summed E-state index contributed by atoms with van der Waals surface area (Å²) in [4.78, 5) is 6.47. The molecule has 0 aromatic carbocycles. The highest BCUT2D eigenvalue weighted by Gasteiger charge is 2.31. The van der Waals surface area contributed by atoms with Gasteiger partial charge in [0.2, 0.25) is 0 Å². The van der Waals surface area contributed by atoms with Crippen molar-refractivity contribution in [3.05, 3.63) is 12.2 Å². The molecule has 0 aliphatic carbocycles. The lowest BCUT2D eigenvalue weighted by Gasteiger charge is -2.36. The number of hydrogen-bond acceptors (Lipinski definition) is 5. The fourth-order valence-electron chi connectivity index (χ4n) is 2.16. The molecule has 0 amide bonds. The lowest BCUT2D eigenvalue weighted by atomic mass is 9.92. The summed E-state index contributed by atoms with van der Waals surface area (Å²) >= 11 is 0. The van der Waals surface area contributed by atoms with Crippen LogP contribution < -0.4 is 0 Å². The molecule has 2 rings (SSSR count). The molecule has 1 fully saturated rings. The molecule has 1 aromatic rings. The summed E-state index contributed by atoms with van der Waals surface area (Å²) in [6.45, 7) is 5.05. The van der Waals surface area contributed by atoms with E-state index < -0.39 is 5.60 Å². The van der Waals surface area contributed by atoms with Gasteiger partial charge < -0.3 is 10.2 Å². The molecule has 0 spiro atoms. The quantitative estimate of drug-likeness (QED) is 0.750. The molecule has 0 bridgehead atoms. The maximum absolute atomic E-state index is 9.91. The Morgan fingerprint density at radius 2 is 2.12 bits per heavy atom. The van der Waals surface area contributed by atoms with Crippen molar-refractivity contribution < 1.29 is 10.2 Å². The van der Waals surface area contributed by atoms with Crippen LogP contribution >= 0.6 is 0 Å². The number of nitrogens with zero attached hydrogens (tertiary/aromatic N) is 4. The number of aryl methyl sites for hydroxylation is 1. The SMILES string of the molecule is CCn1ncnc1CN1CCC(O)(CO)CC1. The highest BCUT2D eigenvalue weighted by atomic mass is 16.3. The Morgan fingerprint density at radius 3 is 2.71 bits per heavy atom. The van der Waals surface area contributed by atoms with E-state index in [1.807, 2.05) is 11.6 Å². The van der Waals surface area contributed by atoms with Crippen LogP contribution in [0.25, 0.3) is 0 Å². The molecule has 2 heterocycles. The van der Waals surface area contributed by atoms with Crippen LogP contribution in [0.5, 0.6) is 0 Å². The Balaban J connectivity index is 1.90. The van der Waals surface area contributed by atoms with Crippen molar-refractivity contribution >= 4 is 0 Å². The van der Waals surface area contributed by atoms with E-state index in [2.05, 4.69) is 15.0 Å².